The number of carbonyl (C=O) groups excluding carboxylic acids is 2. The molecule has 6 atom stereocenters. The van der Waals surface area contributed by atoms with E-state index in [9.17, 15) is 9.59 Å². The highest BCUT2D eigenvalue weighted by atomic mass is 16.6. The summed E-state index contributed by atoms with van der Waals surface area (Å²) in [4.78, 5) is 24.7. The topological polar surface area (TPSA) is 52.6 Å². The van der Waals surface area contributed by atoms with Crippen molar-refractivity contribution in [1.29, 1.82) is 0 Å². The first-order chi connectivity index (χ1) is 13.7. The highest BCUT2D eigenvalue weighted by Crippen LogP contribution is 2.67. The fourth-order valence-corrected chi connectivity index (χ4v) is 7.66. The van der Waals surface area contributed by atoms with Crippen molar-refractivity contribution in [3.63, 3.8) is 0 Å². The molecule has 2 fully saturated rings. The van der Waals surface area contributed by atoms with Crippen LogP contribution in [0.1, 0.15) is 79.6 Å². The summed E-state index contributed by atoms with van der Waals surface area (Å²) < 4.78 is 11.7. The summed E-state index contributed by atoms with van der Waals surface area (Å²) in [5.41, 5.74) is 0.448. The minimum absolute atomic E-state index is 0.0244. The van der Waals surface area contributed by atoms with Crippen LogP contribution in [-0.2, 0) is 19.1 Å². The van der Waals surface area contributed by atoms with Crippen LogP contribution < -0.4 is 0 Å². The van der Waals surface area contributed by atoms with E-state index in [0.717, 1.165) is 50.9 Å². The maximum absolute atomic E-state index is 12.8. The van der Waals surface area contributed by atoms with Crippen LogP contribution in [-0.4, -0.2) is 24.0 Å². The number of hydrogen-bond donors (Lipinski definition) is 0. The minimum Gasteiger partial charge on any atom is -0.498 e. The molecular weight excluding hydrogens is 364 g/mol. The first-order valence-corrected chi connectivity index (χ1v) is 11.4. The summed E-state index contributed by atoms with van der Waals surface area (Å²) >= 11 is 0. The van der Waals surface area contributed by atoms with Crippen molar-refractivity contribution >= 4 is 11.8 Å². The minimum atomic E-state index is -0.937. The zero-order chi connectivity index (χ0) is 21.0. The van der Waals surface area contributed by atoms with Gasteiger partial charge in [-0.15, -0.1) is 0 Å². The van der Waals surface area contributed by atoms with Gasteiger partial charge in [-0.1, -0.05) is 19.9 Å². The fraction of sp³-hybridized carbons (Fsp3) is 0.760. The van der Waals surface area contributed by atoms with Crippen molar-refractivity contribution in [2.75, 3.05) is 6.61 Å². The van der Waals surface area contributed by atoms with Gasteiger partial charge in [-0.3, -0.25) is 9.59 Å². The van der Waals surface area contributed by atoms with Crippen LogP contribution >= 0.6 is 0 Å². The summed E-state index contributed by atoms with van der Waals surface area (Å²) in [7, 11) is 0. The predicted molar refractivity (Wildman–Crippen MR) is 112 cm³/mol. The third kappa shape index (κ3) is 2.84. The van der Waals surface area contributed by atoms with Gasteiger partial charge in [-0.05, 0) is 87.2 Å². The van der Waals surface area contributed by atoms with E-state index in [2.05, 4.69) is 26.0 Å². The van der Waals surface area contributed by atoms with E-state index in [1.807, 2.05) is 6.92 Å². The van der Waals surface area contributed by atoms with E-state index >= 15 is 0 Å². The number of allylic oxidation sites excluding steroid dienone is 4. The van der Waals surface area contributed by atoms with Crippen molar-refractivity contribution in [3.05, 3.63) is 23.5 Å². The van der Waals surface area contributed by atoms with Gasteiger partial charge in [0.25, 0.3) is 0 Å². The molecule has 4 rings (SSSR count). The number of ether oxygens (including phenoxy) is 2. The van der Waals surface area contributed by atoms with Crippen LogP contribution in [0.5, 0.6) is 0 Å². The molecule has 0 spiro atoms. The molecule has 2 saturated carbocycles. The molecule has 0 aliphatic heterocycles. The van der Waals surface area contributed by atoms with Crippen LogP contribution in [0.3, 0.4) is 0 Å². The van der Waals surface area contributed by atoms with E-state index in [4.69, 9.17) is 9.47 Å². The van der Waals surface area contributed by atoms with Crippen molar-refractivity contribution < 1.29 is 19.1 Å². The normalized spacial score (nSPS) is 43.3. The first kappa shape index (κ1) is 20.7. The molecule has 0 saturated heterocycles. The second-order valence-corrected chi connectivity index (χ2v) is 10.2. The molecule has 4 aliphatic carbocycles. The SMILES string of the molecule is CCOC1=CC2=CC[C@H]3[C@H]4CC[C@](OC(C)=O)(C(C)=O)[C@@]4(C)CC[C@@H]3[C@@]2(C)CC1. The molecule has 4 nitrogen and oxygen atoms in total. The zero-order valence-electron chi connectivity index (χ0n) is 18.7. The largest absolute Gasteiger partial charge is 0.498 e. The van der Waals surface area contributed by atoms with Gasteiger partial charge in [0, 0.05) is 18.8 Å². The molecule has 0 N–H and O–H groups in total. The maximum atomic E-state index is 12.8. The Bertz CT molecular complexity index is 780. The van der Waals surface area contributed by atoms with Crippen molar-refractivity contribution in [1.82, 2.24) is 0 Å². The quantitative estimate of drug-likeness (QED) is 0.595. The van der Waals surface area contributed by atoms with Gasteiger partial charge < -0.3 is 9.47 Å². The molecule has 4 aliphatic rings. The average Bonchev–Trinajstić information content (AvgIpc) is 2.95. The molecule has 29 heavy (non-hydrogen) atoms. The second-order valence-electron chi connectivity index (χ2n) is 10.2. The standard InChI is InChI=1S/C25H36O4/c1-6-28-19-9-12-23(4)18(15-19)7-8-20-21(23)10-13-24(5)22(20)11-14-25(24,16(2)26)29-17(3)27/h7,15,20-22H,6,8-14H2,1-5H3/t20-,21+,22-,23+,24+,25+/m1/s1. The molecule has 0 bridgehead atoms. The Morgan fingerprint density at radius 3 is 2.48 bits per heavy atom. The Kier molecular flexibility index (Phi) is 4.99. The smallest absolute Gasteiger partial charge is 0.303 e. The summed E-state index contributed by atoms with van der Waals surface area (Å²) in [6.07, 6.45) is 11.6. The van der Waals surface area contributed by atoms with E-state index in [1.165, 1.54) is 12.5 Å². The third-order valence-electron chi connectivity index (χ3n) is 9.07. The van der Waals surface area contributed by atoms with Gasteiger partial charge in [-0.25, -0.2) is 0 Å². The molecule has 0 aromatic heterocycles. The number of ketones is 1. The second kappa shape index (κ2) is 6.99. The highest BCUT2D eigenvalue weighted by molar-refractivity contribution is 5.89. The number of rotatable bonds is 4. The van der Waals surface area contributed by atoms with Crippen LogP contribution in [0.4, 0.5) is 0 Å². The van der Waals surface area contributed by atoms with Crippen molar-refractivity contribution in [3.8, 4) is 0 Å². The van der Waals surface area contributed by atoms with Gasteiger partial charge >= 0.3 is 5.97 Å². The van der Waals surface area contributed by atoms with E-state index in [0.29, 0.717) is 24.2 Å². The number of carbonyl (C=O) groups is 2. The van der Waals surface area contributed by atoms with Crippen LogP contribution in [0.25, 0.3) is 0 Å². The Labute approximate surface area is 175 Å². The van der Waals surface area contributed by atoms with Crippen LogP contribution in [0.2, 0.25) is 0 Å². The lowest BCUT2D eigenvalue weighted by atomic mass is 9.47. The number of fused-ring (bicyclic) bond motifs is 5. The Morgan fingerprint density at radius 2 is 1.83 bits per heavy atom. The molecule has 0 unspecified atom stereocenters. The Morgan fingerprint density at radius 1 is 1.10 bits per heavy atom. The predicted octanol–water partition coefficient (Wildman–Crippen LogP) is 5.37. The Hall–Kier alpha value is -1.58. The van der Waals surface area contributed by atoms with Gasteiger partial charge in [0.2, 0.25) is 0 Å². The molecule has 0 aromatic rings. The molecule has 0 aromatic carbocycles. The van der Waals surface area contributed by atoms with E-state index < -0.39 is 5.60 Å². The van der Waals surface area contributed by atoms with Crippen molar-refractivity contribution in [2.45, 2.75) is 85.2 Å². The monoisotopic (exact) mass is 400 g/mol. The first-order valence-electron chi connectivity index (χ1n) is 11.4. The van der Waals surface area contributed by atoms with Crippen molar-refractivity contribution in [2.24, 2.45) is 28.6 Å². The summed E-state index contributed by atoms with van der Waals surface area (Å²) in [5.74, 6) is 2.43. The molecular formula is C25H36O4. The maximum Gasteiger partial charge on any atom is 0.303 e. The fourth-order valence-electron chi connectivity index (χ4n) is 7.66. The van der Waals surface area contributed by atoms with E-state index in [1.54, 1.807) is 6.92 Å². The average molecular weight is 401 g/mol. The molecule has 4 heteroatoms. The van der Waals surface area contributed by atoms with Gasteiger partial charge in [-0.2, -0.15) is 0 Å². The lowest BCUT2D eigenvalue weighted by molar-refractivity contribution is -0.186. The number of esters is 1. The van der Waals surface area contributed by atoms with Gasteiger partial charge in [0.05, 0.1) is 12.4 Å². The van der Waals surface area contributed by atoms with E-state index in [-0.39, 0.29) is 22.6 Å². The molecule has 0 amide bonds. The highest BCUT2D eigenvalue weighted by Gasteiger charge is 2.67. The summed E-state index contributed by atoms with van der Waals surface area (Å²) in [6, 6.07) is 0. The van der Waals surface area contributed by atoms with Crippen LogP contribution in [0.15, 0.2) is 23.5 Å². The Balaban J connectivity index is 1.68. The molecule has 0 radical (unpaired) electrons. The van der Waals surface area contributed by atoms with Gasteiger partial charge in [0.1, 0.15) is 0 Å². The van der Waals surface area contributed by atoms with Crippen LogP contribution in [0, 0.1) is 28.6 Å². The summed E-state index contributed by atoms with van der Waals surface area (Å²) in [6.45, 7) is 10.5. The number of hydrogen-bond acceptors (Lipinski definition) is 4. The molecule has 0 heterocycles. The third-order valence-corrected chi connectivity index (χ3v) is 9.07. The lowest BCUT2D eigenvalue weighted by Gasteiger charge is -2.58. The lowest BCUT2D eigenvalue weighted by Crippen LogP contribution is -2.58. The summed E-state index contributed by atoms with van der Waals surface area (Å²) in [5, 5.41) is 0. The molecule has 160 valence electrons. The number of Topliss-reactive ketones (excluding diaryl/α,β-unsaturated/α-hetero) is 1. The van der Waals surface area contributed by atoms with Gasteiger partial charge in [0.15, 0.2) is 11.4 Å². The zero-order valence-corrected chi connectivity index (χ0v) is 18.7.